The molecular formula is C20H24N4O2S. The third-order valence-electron chi connectivity index (χ3n) is 5.10. The molecule has 1 saturated carbocycles. The fraction of sp³-hybridized carbons (Fsp3) is 0.500. The monoisotopic (exact) mass is 384 g/mol. The van der Waals surface area contributed by atoms with Crippen molar-refractivity contribution in [3.8, 4) is 17.5 Å². The molecule has 27 heavy (non-hydrogen) atoms. The fourth-order valence-electron chi connectivity index (χ4n) is 3.60. The molecule has 0 atom stereocenters. The zero-order valence-electron chi connectivity index (χ0n) is 16.0. The molecule has 1 aromatic heterocycles. The smallest absolute Gasteiger partial charge is 0.277 e. The van der Waals surface area contributed by atoms with E-state index in [0.717, 1.165) is 48.8 Å². The highest BCUT2D eigenvalue weighted by molar-refractivity contribution is 7.99. The van der Waals surface area contributed by atoms with Gasteiger partial charge in [-0.25, -0.2) is 0 Å². The van der Waals surface area contributed by atoms with Gasteiger partial charge in [0.05, 0.1) is 11.8 Å². The maximum Gasteiger partial charge on any atom is 0.277 e. The van der Waals surface area contributed by atoms with Crippen molar-refractivity contribution in [3.05, 3.63) is 29.3 Å². The van der Waals surface area contributed by atoms with Crippen LogP contribution in [0.15, 0.2) is 27.8 Å². The minimum Gasteiger partial charge on any atom is -0.411 e. The van der Waals surface area contributed by atoms with E-state index in [4.69, 9.17) is 4.42 Å². The van der Waals surface area contributed by atoms with Gasteiger partial charge < -0.3 is 9.32 Å². The molecule has 0 N–H and O–H groups in total. The topological polar surface area (TPSA) is 83.0 Å². The van der Waals surface area contributed by atoms with Crippen LogP contribution in [0.1, 0.15) is 43.2 Å². The average Bonchev–Trinajstić information content (AvgIpc) is 3.14. The highest BCUT2D eigenvalue weighted by atomic mass is 32.2. The van der Waals surface area contributed by atoms with Crippen LogP contribution in [0.5, 0.6) is 0 Å². The van der Waals surface area contributed by atoms with Crippen molar-refractivity contribution in [2.45, 2.75) is 56.7 Å². The Kier molecular flexibility index (Phi) is 5.85. The van der Waals surface area contributed by atoms with E-state index in [0.29, 0.717) is 11.1 Å². The van der Waals surface area contributed by atoms with E-state index in [1.807, 2.05) is 26.0 Å². The standard InChI is InChI=1S/C20H24N4O2S/c1-14-9-15(2)11-16(10-14)18-22-23-19(26-18)27-12-17(25)24(3)20(13-21)7-5-4-6-8-20/h9-11H,4-8,12H2,1-3H3. The third kappa shape index (κ3) is 4.33. The van der Waals surface area contributed by atoms with Crippen LogP contribution in [0, 0.1) is 25.2 Å². The van der Waals surface area contributed by atoms with E-state index in [1.54, 1.807) is 11.9 Å². The van der Waals surface area contributed by atoms with E-state index in [9.17, 15) is 10.1 Å². The molecule has 1 aliphatic rings. The van der Waals surface area contributed by atoms with E-state index in [2.05, 4.69) is 22.3 Å². The number of hydrogen-bond acceptors (Lipinski definition) is 6. The SMILES string of the molecule is Cc1cc(C)cc(-c2nnc(SCC(=O)N(C)C3(C#N)CCCCC3)o2)c1. The molecule has 3 rings (SSSR count). The Morgan fingerprint density at radius 3 is 2.52 bits per heavy atom. The minimum atomic E-state index is -0.672. The van der Waals surface area contributed by atoms with Gasteiger partial charge in [0.25, 0.3) is 5.22 Å². The third-order valence-corrected chi connectivity index (χ3v) is 5.90. The molecule has 0 aliphatic heterocycles. The molecule has 142 valence electrons. The van der Waals surface area contributed by atoms with Crippen LogP contribution in [0.4, 0.5) is 0 Å². The molecule has 0 radical (unpaired) electrons. The molecule has 2 aromatic rings. The summed E-state index contributed by atoms with van der Waals surface area (Å²) in [5.41, 5.74) is 2.46. The van der Waals surface area contributed by atoms with Gasteiger partial charge in [0.2, 0.25) is 11.8 Å². The fourth-order valence-corrected chi connectivity index (χ4v) is 4.28. The number of hydrogen-bond donors (Lipinski definition) is 0. The van der Waals surface area contributed by atoms with Crippen molar-refractivity contribution < 1.29 is 9.21 Å². The van der Waals surface area contributed by atoms with Crippen LogP contribution in [0.25, 0.3) is 11.5 Å². The summed E-state index contributed by atoms with van der Waals surface area (Å²) in [6.45, 7) is 4.04. The first kappa shape index (κ1) is 19.4. The van der Waals surface area contributed by atoms with Crippen molar-refractivity contribution in [2.75, 3.05) is 12.8 Å². The number of benzene rings is 1. The maximum absolute atomic E-state index is 12.6. The molecule has 1 heterocycles. The molecule has 1 amide bonds. The van der Waals surface area contributed by atoms with E-state index in [-0.39, 0.29) is 11.7 Å². The Balaban J connectivity index is 1.64. The quantitative estimate of drug-likeness (QED) is 0.721. The highest BCUT2D eigenvalue weighted by Crippen LogP contribution is 2.33. The zero-order chi connectivity index (χ0) is 19.4. The summed E-state index contributed by atoms with van der Waals surface area (Å²) < 4.78 is 5.71. The van der Waals surface area contributed by atoms with Gasteiger partial charge in [0.1, 0.15) is 5.54 Å². The summed E-state index contributed by atoms with van der Waals surface area (Å²) >= 11 is 1.21. The second-order valence-corrected chi connectivity index (χ2v) is 8.12. The largest absolute Gasteiger partial charge is 0.411 e. The number of nitriles is 1. The lowest BCUT2D eigenvalue weighted by molar-refractivity contribution is -0.131. The Bertz CT molecular complexity index is 845. The van der Waals surface area contributed by atoms with Crippen LogP contribution >= 0.6 is 11.8 Å². The number of carbonyl (C=O) groups is 1. The predicted molar refractivity (Wildman–Crippen MR) is 104 cm³/mol. The molecule has 6 nitrogen and oxygen atoms in total. The predicted octanol–water partition coefficient (Wildman–Crippen LogP) is 4.13. The van der Waals surface area contributed by atoms with Gasteiger partial charge in [0.15, 0.2) is 0 Å². The molecule has 0 saturated heterocycles. The second kappa shape index (κ2) is 8.13. The molecule has 1 fully saturated rings. The summed E-state index contributed by atoms with van der Waals surface area (Å²) in [5, 5.41) is 18.1. The normalized spacial score (nSPS) is 15.9. The van der Waals surface area contributed by atoms with Crippen LogP contribution in [-0.4, -0.2) is 39.3 Å². The van der Waals surface area contributed by atoms with Gasteiger partial charge in [-0.3, -0.25) is 4.79 Å². The Morgan fingerprint density at radius 1 is 1.22 bits per heavy atom. The average molecular weight is 385 g/mol. The van der Waals surface area contributed by atoms with E-state index < -0.39 is 5.54 Å². The Hall–Kier alpha value is -2.33. The van der Waals surface area contributed by atoms with Gasteiger partial charge in [-0.2, -0.15) is 5.26 Å². The van der Waals surface area contributed by atoms with E-state index in [1.165, 1.54) is 11.8 Å². The van der Waals surface area contributed by atoms with Crippen LogP contribution in [-0.2, 0) is 4.79 Å². The van der Waals surface area contributed by atoms with Crippen molar-refractivity contribution in [3.63, 3.8) is 0 Å². The number of nitrogens with zero attached hydrogens (tertiary/aromatic N) is 4. The molecule has 1 aliphatic carbocycles. The molecule has 1 aromatic carbocycles. The van der Waals surface area contributed by atoms with Crippen molar-refractivity contribution in [1.82, 2.24) is 15.1 Å². The first-order chi connectivity index (χ1) is 12.9. The van der Waals surface area contributed by atoms with Gasteiger partial charge in [-0.1, -0.05) is 48.2 Å². The number of rotatable bonds is 5. The Morgan fingerprint density at radius 2 is 1.89 bits per heavy atom. The number of thioether (sulfide) groups is 1. The molecule has 0 spiro atoms. The lowest BCUT2D eigenvalue weighted by Crippen LogP contribution is -2.50. The molecule has 0 unspecified atom stereocenters. The van der Waals surface area contributed by atoms with Crippen LogP contribution in [0.2, 0.25) is 0 Å². The van der Waals surface area contributed by atoms with E-state index >= 15 is 0 Å². The summed E-state index contributed by atoms with van der Waals surface area (Å²) in [7, 11) is 1.73. The number of amides is 1. The number of carbonyl (C=O) groups excluding carboxylic acids is 1. The van der Waals surface area contributed by atoms with Gasteiger partial charge in [0, 0.05) is 12.6 Å². The van der Waals surface area contributed by atoms with Crippen molar-refractivity contribution in [2.24, 2.45) is 0 Å². The van der Waals surface area contributed by atoms with Crippen molar-refractivity contribution in [1.29, 1.82) is 5.26 Å². The van der Waals surface area contributed by atoms with Crippen LogP contribution in [0.3, 0.4) is 0 Å². The van der Waals surface area contributed by atoms with Gasteiger partial charge in [-0.15, -0.1) is 10.2 Å². The summed E-state index contributed by atoms with van der Waals surface area (Å²) in [6, 6.07) is 8.45. The molecule has 0 bridgehead atoms. The lowest BCUT2D eigenvalue weighted by atomic mass is 9.81. The summed E-state index contributed by atoms with van der Waals surface area (Å²) in [5.74, 6) is 0.537. The molecule has 7 heteroatoms. The van der Waals surface area contributed by atoms with Gasteiger partial charge in [-0.05, 0) is 38.8 Å². The minimum absolute atomic E-state index is 0.0883. The lowest BCUT2D eigenvalue weighted by Gasteiger charge is -2.38. The van der Waals surface area contributed by atoms with Crippen LogP contribution < -0.4 is 0 Å². The summed E-state index contributed by atoms with van der Waals surface area (Å²) in [6.07, 6.45) is 4.59. The zero-order valence-corrected chi connectivity index (χ0v) is 16.8. The maximum atomic E-state index is 12.6. The number of aromatic nitrogens is 2. The first-order valence-electron chi connectivity index (χ1n) is 9.16. The Labute approximate surface area is 164 Å². The summed E-state index contributed by atoms with van der Waals surface area (Å²) in [4.78, 5) is 14.2. The highest BCUT2D eigenvalue weighted by Gasteiger charge is 2.38. The number of aryl methyl sites for hydroxylation is 2. The van der Waals surface area contributed by atoms with Gasteiger partial charge >= 0.3 is 0 Å². The first-order valence-corrected chi connectivity index (χ1v) is 10.1. The van der Waals surface area contributed by atoms with Crippen molar-refractivity contribution >= 4 is 17.7 Å². The second-order valence-electron chi connectivity index (χ2n) is 7.19. The molecular weight excluding hydrogens is 360 g/mol.